The van der Waals surface area contributed by atoms with E-state index in [1.54, 1.807) is 39.0 Å². The molecule has 0 saturated heterocycles. The summed E-state index contributed by atoms with van der Waals surface area (Å²) in [7, 11) is 0. The number of hydrogen-bond acceptors (Lipinski definition) is 4. The molecule has 6 nitrogen and oxygen atoms in total. The molecule has 0 aliphatic carbocycles. The molecular weight excluding hydrogens is 296 g/mol. The van der Waals surface area contributed by atoms with Crippen LogP contribution >= 0.6 is 0 Å². The average Bonchev–Trinajstić information content (AvgIpc) is 2.75. The maximum absolute atomic E-state index is 12.4. The molecule has 2 aromatic rings. The number of aldehydes is 1. The van der Waals surface area contributed by atoms with Crippen molar-refractivity contribution in [3.8, 4) is 0 Å². The van der Waals surface area contributed by atoms with Gasteiger partial charge in [0.25, 0.3) is 0 Å². The fourth-order valence-corrected chi connectivity index (χ4v) is 2.25. The number of carbonyl (C=O) groups excluding carboxylic acids is 3. The molecule has 0 saturated carbocycles. The fraction of sp³-hybridized carbons (Fsp3) is 0.353. The van der Waals surface area contributed by atoms with Crippen molar-refractivity contribution in [1.29, 1.82) is 0 Å². The summed E-state index contributed by atoms with van der Waals surface area (Å²) in [6.45, 7) is 6.75. The Morgan fingerprint density at radius 2 is 2.00 bits per heavy atom. The molecule has 6 heteroatoms. The highest BCUT2D eigenvalue weighted by Gasteiger charge is 2.21. The Hall–Kier alpha value is -2.63. The molecule has 0 aliphatic rings. The molecule has 1 aromatic heterocycles. The molecule has 1 aromatic carbocycles. The highest BCUT2D eigenvalue weighted by Crippen LogP contribution is 2.28. The second-order valence-electron chi connectivity index (χ2n) is 6.30. The zero-order valence-corrected chi connectivity index (χ0v) is 13.7. The van der Waals surface area contributed by atoms with Gasteiger partial charge in [0.1, 0.15) is 11.9 Å². The number of ether oxygens (including phenoxy) is 1. The van der Waals surface area contributed by atoms with Crippen molar-refractivity contribution in [2.45, 2.75) is 39.7 Å². The normalized spacial score (nSPS) is 11.3. The average molecular weight is 316 g/mol. The number of aromatic nitrogens is 1. The van der Waals surface area contributed by atoms with Gasteiger partial charge in [-0.25, -0.2) is 4.79 Å². The van der Waals surface area contributed by atoms with Crippen molar-refractivity contribution < 1.29 is 19.1 Å². The van der Waals surface area contributed by atoms with Crippen molar-refractivity contribution in [2.75, 3.05) is 5.32 Å². The molecule has 122 valence electrons. The lowest BCUT2D eigenvalue weighted by molar-refractivity contribution is -0.114. The van der Waals surface area contributed by atoms with Gasteiger partial charge < -0.3 is 14.8 Å². The van der Waals surface area contributed by atoms with Crippen molar-refractivity contribution in [3.05, 3.63) is 30.0 Å². The first-order valence-electron chi connectivity index (χ1n) is 7.30. The smallest absolute Gasteiger partial charge is 0.419 e. The Kier molecular flexibility index (Phi) is 4.54. The summed E-state index contributed by atoms with van der Waals surface area (Å²) in [5.41, 5.74) is 1.30. The zero-order valence-electron chi connectivity index (χ0n) is 13.7. The monoisotopic (exact) mass is 316 g/mol. The van der Waals surface area contributed by atoms with Crippen LogP contribution in [0, 0.1) is 0 Å². The molecule has 0 unspecified atom stereocenters. The van der Waals surface area contributed by atoms with E-state index in [1.807, 2.05) is 0 Å². The molecule has 1 heterocycles. The van der Waals surface area contributed by atoms with Crippen LogP contribution in [0.3, 0.4) is 0 Å². The van der Waals surface area contributed by atoms with Gasteiger partial charge in [-0.2, -0.15) is 0 Å². The summed E-state index contributed by atoms with van der Waals surface area (Å²) in [4.78, 5) is 34.4. The topological polar surface area (TPSA) is 77.4 Å². The summed E-state index contributed by atoms with van der Waals surface area (Å²) in [6.07, 6.45) is 2.09. The lowest BCUT2D eigenvalue weighted by Crippen LogP contribution is -2.26. The SMILES string of the molecule is CC(=O)Nc1cn(C(=O)OC(C)(C)C)c2ccc(CC=O)cc12. The number of nitrogens with one attached hydrogen (secondary N) is 1. The third-order valence-corrected chi connectivity index (χ3v) is 3.09. The molecule has 0 atom stereocenters. The van der Waals surface area contributed by atoms with Gasteiger partial charge in [-0.3, -0.25) is 9.36 Å². The van der Waals surface area contributed by atoms with Crippen LogP contribution in [0.4, 0.5) is 10.5 Å². The number of hydrogen-bond donors (Lipinski definition) is 1. The van der Waals surface area contributed by atoms with Gasteiger partial charge in [0.05, 0.1) is 11.2 Å². The van der Waals surface area contributed by atoms with E-state index >= 15 is 0 Å². The number of nitrogens with zero attached hydrogens (tertiary/aromatic N) is 1. The Labute approximate surface area is 134 Å². The Balaban J connectivity index is 2.55. The lowest BCUT2D eigenvalue weighted by Gasteiger charge is -2.19. The van der Waals surface area contributed by atoms with Crippen molar-refractivity contribution in [2.24, 2.45) is 0 Å². The van der Waals surface area contributed by atoms with Gasteiger partial charge >= 0.3 is 6.09 Å². The third kappa shape index (κ3) is 3.97. The molecular formula is C17H20N2O4. The van der Waals surface area contributed by atoms with Crippen LogP contribution < -0.4 is 5.32 Å². The molecule has 0 radical (unpaired) electrons. The largest absolute Gasteiger partial charge is 0.443 e. The van der Waals surface area contributed by atoms with Crippen LogP contribution in [0.2, 0.25) is 0 Å². The summed E-state index contributed by atoms with van der Waals surface area (Å²) < 4.78 is 6.74. The number of benzene rings is 1. The molecule has 0 aliphatic heterocycles. The Morgan fingerprint density at radius 3 is 2.57 bits per heavy atom. The molecule has 23 heavy (non-hydrogen) atoms. The van der Waals surface area contributed by atoms with Crippen LogP contribution in [0.5, 0.6) is 0 Å². The van der Waals surface area contributed by atoms with E-state index in [-0.39, 0.29) is 12.3 Å². The lowest BCUT2D eigenvalue weighted by atomic mass is 10.1. The van der Waals surface area contributed by atoms with Crippen LogP contribution in [-0.2, 0) is 20.7 Å². The molecule has 0 fully saturated rings. The van der Waals surface area contributed by atoms with Crippen molar-refractivity contribution in [1.82, 2.24) is 4.57 Å². The quantitative estimate of drug-likeness (QED) is 0.883. The number of amides is 1. The van der Waals surface area contributed by atoms with Crippen molar-refractivity contribution in [3.63, 3.8) is 0 Å². The Bertz CT molecular complexity index is 769. The summed E-state index contributed by atoms with van der Waals surface area (Å²) in [6, 6.07) is 5.30. The van der Waals surface area contributed by atoms with E-state index < -0.39 is 11.7 Å². The summed E-state index contributed by atoms with van der Waals surface area (Å²) in [5, 5.41) is 3.38. The second kappa shape index (κ2) is 6.24. The molecule has 1 amide bonds. The van der Waals surface area contributed by atoms with Crippen LogP contribution in [0.1, 0.15) is 33.3 Å². The van der Waals surface area contributed by atoms with Gasteiger partial charge in [-0.1, -0.05) is 6.07 Å². The van der Waals surface area contributed by atoms with E-state index in [9.17, 15) is 14.4 Å². The first kappa shape index (κ1) is 16.7. The summed E-state index contributed by atoms with van der Waals surface area (Å²) >= 11 is 0. The molecule has 0 bridgehead atoms. The molecule has 1 N–H and O–H groups in total. The zero-order chi connectivity index (χ0) is 17.2. The highest BCUT2D eigenvalue weighted by atomic mass is 16.6. The number of rotatable bonds is 3. The van der Waals surface area contributed by atoms with Gasteiger partial charge in [0.2, 0.25) is 5.91 Å². The van der Waals surface area contributed by atoms with E-state index in [1.165, 1.54) is 17.7 Å². The maximum atomic E-state index is 12.4. The first-order valence-corrected chi connectivity index (χ1v) is 7.30. The van der Waals surface area contributed by atoms with Crippen molar-refractivity contribution >= 4 is 34.9 Å². The van der Waals surface area contributed by atoms with Gasteiger partial charge in [-0.15, -0.1) is 0 Å². The third-order valence-electron chi connectivity index (χ3n) is 3.09. The standard InChI is InChI=1S/C17H20N2O4/c1-11(21)18-14-10-19(16(22)23-17(2,3)4)15-6-5-12(7-8-20)9-13(14)15/h5-6,8-10H,7H2,1-4H3,(H,18,21). The van der Waals surface area contributed by atoms with Gasteiger partial charge in [0, 0.05) is 24.9 Å². The van der Waals surface area contributed by atoms with Crippen LogP contribution in [-0.4, -0.2) is 28.5 Å². The number of anilines is 1. The number of carbonyl (C=O) groups is 3. The maximum Gasteiger partial charge on any atom is 0.419 e. The number of fused-ring (bicyclic) bond motifs is 1. The minimum absolute atomic E-state index is 0.242. The minimum Gasteiger partial charge on any atom is -0.443 e. The van der Waals surface area contributed by atoms with E-state index in [0.717, 1.165) is 11.8 Å². The Morgan fingerprint density at radius 1 is 1.30 bits per heavy atom. The predicted molar refractivity (Wildman–Crippen MR) is 87.6 cm³/mol. The second-order valence-corrected chi connectivity index (χ2v) is 6.30. The first-order chi connectivity index (χ1) is 10.7. The predicted octanol–water partition coefficient (Wildman–Crippen LogP) is 3.12. The fourth-order valence-electron chi connectivity index (χ4n) is 2.25. The highest BCUT2D eigenvalue weighted by molar-refractivity contribution is 6.04. The molecule has 0 spiro atoms. The van der Waals surface area contributed by atoms with Gasteiger partial charge in [-0.05, 0) is 38.5 Å². The van der Waals surface area contributed by atoms with Crippen LogP contribution in [0.15, 0.2) is 24.4 Å². The van der Waals surface area contributed by atoms with E-state index in [4.69, 9.17) is 4.74 Å². The van der Waals surface area contributed by atoms with E-state index in [0.29, 0.717) is 16.6 Å². The summed E-state index contributed by atoms with van der Waals surface area (Å²) in [5.74, 6) is -0.242. The minimum atomic E-state index is -0.626. The van der Waals surface area contributed by atoms with Gasteiger partial charge in [0.15, 0.2) is 0 Å². The van der Waals surface area contributed by atoms with E-state index in [2.05, 4.69) is 5.32 Å². The molecule has 2 rings (SSSR count). The van der Waals surface area contributed by atoms with Crippen LogP contribution in [0.25, 0.3) is 10.9 Å².